The summed E-state index contributed by atoms with van der Waals surface area (Å²) >= 11 is 12.5. The third kappa shape index (κ3) is 4.67. The van der Waals surface area contributed by atoms with Gasteiger partial charge in [0.2, 0.25) is 0 Å². The summed E-state index contributed by atoms with van der Waals surface area (Å²) in [4.78, 5) is 15.4. The Bertz CT molecular complexity index is 1160. The number of amides is 1. The van der Waals surface area contributed by atoms with Crippen LogP contribution in [0.2, 0.25) is 5.02 Å². The zero-order valence-corrected chi connectivity index (χ0v) is 21.4. The number of hydrogen-bond acceptors (Lipinski definition) is 2. The van der Waals surface area contributed by atoms with E-state index in [2.05, 4.69) is 20.4 Å². The van der Waals surface area contributed by atoms with Crippen LogP contribution in [0.25, 0.3) is 0 Å². The third-order valence-corrected chi connectivity index (χ3v) is 6.22. The third-order valence-electron chi connectivity index (χ3n) is 5.60. The van der Waals surface area contributed by atoms with Crippen molar-refractivity contribution in [3.8, 4) is 0 Å². The highest BCUT2D eigenvalue weighted by Crippen LogP contribution is 2.48. The highest BCUT2D eigenvalue weighted by atomic mass is 35.5. The number of carbonyl (C=O) groups excluding carboxylic acids is 1. The average Bonchev–Trinajstić information content (AvgIpc) is 3.24. The van der Waals surface area contributed by atoms with Crippen molar-refractivity contribution in [1.82, 2.24) is 9.78 Å². The topological polar surface area (TPSA) is 38.1 Å². The molecule has 1 aromatic heterocycles. The molecule has 1 aliphatic heterocycles. The van der Waals surface area contributed by atoms with E-state index in [1.807, 2.05) is 27.7 Å². The molecule has 2 aromatic rings. The Morgan fingerprint density at radius 1 is 1.30 bits per heavy atom. The van der Waals surface area contributed by atoms with Crippen LogP contribution in [0.15, 0.2) is 53.1 Å². The second kappa shape index (κ2) is 9.86. The summed E-state index contributed by atoms with van der Waals surface area (Å²) in [6, 6.07) is 4.04. The Labute approximate surface area is 205 Å². The van der Waals surface area contributed by atoms with Crippen molar-refractivity contribution in [3.63, 3.8) is 0 Å². The second-order valence-corrected chi connectivity index (χ2v) is 9.93. The number of fused-ring (bicyclic) bond motifs is 1. The van der Waals surface area contributed by atoms with E-state index in [-0.39, 0.29) is 28.5 Å². The molecule has 0 aliphatic carbocycles. The van der Waals surface area contributed by atoms with Crippen molar-refractivity contribution in [2.24, 2.45) is 5.92 Å². The van der Waals surface area contributed by atoms with Gasteiger partial charge in [0.05, 0.1) is 22.4 Å². The minimum Gasteiger partial charge on any atom is -0.292 e. The smallest absolute Gasteiger partial charge is 0.277 e. The number of nitrogens with zero attached hydrogens (tertiary/aromatic N) is 3. The van der Waals surface area contributed by atoms with Gasteiger partial charge in [0.1, 0.15) is 5.69 Å². The van der Waals surface area contributed by atoms with E-state index in [0.29, 0.717) is 17.3 Å². The number of benzene rings is 1. The van der Waals surface area contributed by atoms with Gasteiger partial charge in [0.25, 0.3) is 5.91 Å². The largest absolute Gasteiger partial charge is 0.292 e. The van der Waals surface area contributed by atoms with Gasteiger partial charge in [-0.05, 0) is 49.5 Å². The van der Waals surface area contributed by atoms with E-state index in [1.54, 1.807) is 29.0 Å². The molecule has 1 amide bonds. The monoisotopic (exact) mass is 489 g/mol. The molecule has 0 radical (unpaired) electrons. The summed E-state index contributed by atoms with van der Waals surface area (Å²) in [6.45, 7) is 16.6. The fourth-order valence-electron chi connectivity index (χ4n) is 4.14. The van der Waals surface area contributed by atoms with Gasteiger partial charge in [-0.25, -0.2) is 4.39 Å². The van der Waals surface area contributed by atoms with Crippen molar-refractivity contribution in [2.45, 2.75) is 60.0 Å². The minimum atomic E-state index is -0.643. The van der Waals surface area contributed by atoms with E-state index in [0.717, 1.165) is 22.4 Å². The Morgan fingerprint density at radius 2 is 1.97 bits per heavy atom. The van der Waals surface area contributed by atoms with Crippen molar-refractivity contribution in [3.05, 3.63) is 80.9 Å². The molecule has 0 N–H and O–H groups in total. The molecule has 0 saturated heterocycles. The Kier molecular flexibility index (Phi) is 7.55. The maximum absolute atomic E-state index is 15.3. The Balaban J connectivity index is 2.40. The second-order valence-electron chi connectivity index (χ2n) is 9.08. The first kappa shape index (κ1) is 25.3. The maximum atomic E-state index is 15.3. The molecule has 7 heteroatoms. The molecular formula is C26H30Cl2FN3O. The fraction of sp³-hybridized carbons (Fsp3) is 0.385. The Hall–Kier alpha value is -2.37. The van der Waals surface area contributed by atoms with Crippen LogP contribution in [0.1, 0.15) is 75.2 Å². The van der Waals surface area contributed by atoms with Gasteiger partial charge >= 0.3 is 0 Å². The van der Waals surface area contributed by atoms with Crippen LogP contribution >= 0.6 is 23.2 Å². The van der Waals surface area contributed by atoms with E-state index in [9.17, 15) is 4.79 Å². The lowest BCUT2D eigenvalue weighted by atomic mass is 9.91. The molecule has 0 bridgehead atoms. The quantitative estimate of drug-likeness (QED) is 0.372. The molecule has 2 heterocycles. The molecule has 33 heavy (non-hydrogen) atoms. The molecule has 1 atom stereocenters. The summed E-state index contributed by atoms with van der Waals surface area (Å²) in [6.07, 6.45) is 3.55. The average molecular weight is 490 g/mol. The first-order chi connectivity index (χ1) is 15.5. The van der Waals surface area contributed by atoms with Crippen molar-refractivity contribution in [1.29, 1.82) is 0 Å². The molecule has 4 nitrogen and oxygen atoms in total. The minimum absolute atomic E-state index is 0.0461. The number of allylic oxidation sites excluding steroid dienone is 3. The van der Waals surface area contributed by atoms with E-state index in [4.69, 9.17) is 28.3 Å². The molecule has 1 aliphatic rings. The maximum Gasteiger partial charge on any atom is 0.277 e. The molecule has 1 aromatic carbocycles. The van der Waals surface area contributed by atoms with Gasteiger partial charge < -0.3 is 0 Å². The first-order valence-corrected chi connectivity index (χ1v) is 11.8. The number of rotatable bonds is 7. The highest BCUT2D eigenvalue weighted by molar-refractivity contribution is 6.31. The molecule has 176 valence electrons. The van der Waals surface area contributed by atoms with E-state index >= 15 is 4.39 Å². The number of aromatic nitrogens is 2. The van der Waals surface area contributed by atoms with Crippen molar-refractivity contribution < 1.29 is 9.18 Å². The molecule has 3 rings (SSSR count). The SMILES string of the molecule is C=C(C)/C(=C\C(Cl)=C/C)C1c2c(C(C)C)nn(CC(C)C)c2C(=O)N1c1cccc(Cl)c1F. The molecular weight excluding hydrogens is 460 g/mol. The number of carbonyl (C=O) groups is 1. The van der Waals surface area contributed by atoms with Gasteiger partial charge in [-0.1, -0.05) is 75.2 Å². The first-order valence-electron chi connectivity index (χ1n) is 11.1. The lowest BCUT2D eigenvalue weighted by molar-refractivity contribution is 0.0981. The Morgan fingerprint density at radius 3 is 2.52 bits per heavy atom. The number of halogens is 3. The highest BCUT2D eigenvalue weighted by Gasteiger charge is 2.46. The summed E-state index contributed by atoms with van der Waals surface area (Å²) in [5, 5.41) is 5.28. The predicted molar refractivity (Wildman–Crippen MR) is 135 cm³/mol. The predicted octanol–water partition coefficient (Wildman–Crippen LogP) is 7.80. The zero-order valence-electron chi connectivity index (χ0n) is 19.9. The van der Waals surface area contributed by atoms with E-state index < -0.39 is 11.9 Å². The summed E-state index contributed by atoms with van der Waals surface area (Å²) in [5.74, 6) is -0.642. The van der Waals surface area contributed by atoms with Gasteiger partial charge in [-0.3, -0.25) is 14.4 Å². The molecule has 0 saturated carbocycles. The fourth-order valence-corrected chi connectivity index (χ4v) is 4.43. The van der Waals surface area contributed by atoms with Gasteiger partial charge in [0.15, 0.2) is 5.82 Å². The summed E-state index contributed by atoms with van der Waals surface area (Å²) in [7, 11) is 0. The lowest BCUT2D eigenvalue weighted by Crippen LogP contribution is -2.32. The van der Waals surface area contributed by atoms with E-state index in [1.165, 1.54) is 11.0 Å². The normalized spacial score (nSPS) is 16.9. The number of anilines is 1. The summed E-state index contributed by atoms with van der Waals surface area (Å²) in [5.41, 5.74) is 3.60. The lowest BCUT2D eigenvalue weighted by Gasteiger charge is -2.29. The van der Waals surface area contributed by atoms with Crippen LogP contribution in [0.5, 0.6) is 0 Å². The number of hydrogen-bond donors (Lipinski definition) is 0. The molecule has 0 spiro atoms. The summed E-state index contributed by atoms with van der Waals surface area (Å²) < 4.78 is 17.0. The van der Waals surface area contributed by atoms with Crippen LogP contribution in [-0.4, -0.2) is 15.7 Å². The van der Waals surface area contributed by atoms with Gasteiger partial charge in [-0.2, -0.15) is 5.10 Å². The van der Waals surface area contributed by atoms with Crippen molar-refractivity contribution >= 4 is 34.8 Å². The van der Waals surface area contributed by atoms with Gasteiger partial charge in [-0.15, -0.1) is 0 Å². The van der Waals surface area contributed by atoms with Crippen LogP contribution in [0.4, 0.5) is 10.1 Å². The molecule has 0 fully saturated rings. The standard InChI is InChI=1S/C26H30Cl2FN3O/c1-8-17(27)12-18(15(4)5)24-21-23(16(6)7)30-31(13-14(2)3)25(21)26(33)32(24)20-11-9-10-19(28)22(20)29/h8-12,14,16,24H,4,13H2,1-3,5-7H3/b17-8+,18-12+. The van der Waals surface area contributed by atoms with Crippen LogP contribution < -0.4 is 4.90 Å². The van der Waals surface area contributed by atoms with Crippen LogP contribution in [-0.2, 0) is 6.54 Å². The van der Waals surface area contributed by atoms with Crippen molar-refractivity contribution in [2.75, 3.05) is 4.90 Å². The van der Waals surface area contributed by atoms with Gasteiger partial charge in [0, 0.05) is 17.1 Å². The molecule has 1 unspecified atom stereocenters. The zero-order chi connectivity index (χ0) is 24.6. The van der Waals surface area contributed by atoms with Crippen LogP contribution in [0.3, 0.4) is 0 Å². The van der Waals surface area contributed by atoms with Crippen LogP contribution in [0, 0.1) is 11.7 Å².